The molecule has 1 saturated heterocycles. The van der Waals surface area contributed by atoms with Gasteiger partial charge in [0.15, 0.2) is 18.1 Å². The molecule has 0 atom stereocenters. The van der Waals surface area contributed by atoms with Crippen molar-refractivity contribution in [2.24, 2.45) is 0 Å². The maximum atomic E-state index is 12.2. The first kappa shape index (κ1) is 20.5. The molecule has 2 amide bonds. The van der Waals surface area contributed by atoms with Gasteiger partial charge in [0.2, 0.25) is 11.7 Å². The molecule has 0 bridgehead atoms. The third-order valence-electron chi connectivity index (χ3n) is 4.68. The maximum Gasteiger partial charge on any atom is 0.331 e. The van der Waals surface area contributed by atoms with Gasteiger partial charge >= 0.3 is 5.97 Å². The van der Waals surface area contributed by atoms with Gasteiger partial charge in [-0.15, -0.1) is 0 Å². The first-order chi connectivity index (χ1) is 14.0. The molecule has 9 heteroatoms. The summed E-state index contributed by atoms with van der Waals surface area (Å²) in [5.74, 6) is 0.669. The quantitative estimate of drug-likeness (QED) is 0.527. The van der Waals surface area contributed by atoms with Crippen LogP contribution in [0.5, 0.6) is 17.2 Å². The first-order valence-electron chi connectivity index (χ1n) is 9.33. The number of carbonyl (C=O) groups is 3. The van der Waals surface area contributed by atoms with Gasteiger partial charge in [0, 0.05) is 39.2 Å². The van der Waals surface area contributed by atoms with Crippen molar-refractivity contribution in [3.05, 3.63) is 23.8 Å². The van der Waals surface area contributed by atoms with Crippen LogP contribution in [0, 0.1) is 0 Å². The Hall–Kier alpha value is -3.23. The van der Waals surface area contributed by atoms with Crippen molar-refractivity contribution >= 4 is 23.9 Å². The van der Waals surface area contributed by atoms with Gasteiger partial charge < -0.3 is 28.7 Å². The number of carbonyl (C=O) groups excluding carboxylic acids is 3. The standard InChI is InChI=1S/C20H24N2O7/c1-14(23)21-5-7-22(8-6-21)18(24)13-29-19(25)4-3-15-11-16(26-2)20-17(12-15)27-9-10-28-20/h3-4,11-12H,5-10,13H2,1-2H3/b4-3+. The molecular weight excluding hydrogens is 380 g/mol. The Bertz CT molecular complexity index is 796. The van der Waals surface area contributed by atoms with Gasteiger partial charge in [-0.25, -0.2) is 4.79 Å². The fraction of sp³-hybridized carbons (Fsp3) is 0.450. The Labute approximate surface area is 168 Å². The lowest BCUT2D eigenvalue weighted by molar-refractivity contribution is -0.149. The number of rotatable bonds is 5. The van der Waals surface area contributed by atoms with Gasteiger partial charge in [0.1, 0.15) is 13.2 Å². The minimum atomic E-state index is -0.630. The summed E-state index contributed by atoms with van der Waals surface area (Å²) in [6.07, 6.45) is 2.80. The van der Waals surface area contributed by atoms with Crippen molar-refractivity contribution in [2.45, 2.75) is 6.92 Å². The summed E-state index contributed by atoms with van der Waals surface area (Å²) in [4.78, 5) is 38.7. The predicted octanol–water partition coefficient (Wildman–Crippen LogP) is 0.714. The van der Waals surface area contributed by atoms with Crippen molar-refractivity contribution in [3.8, 4) is 17.2 Å². The van der Waals surface area contributed by atoms with E-state index in [2.05, 4.69) is 0 Å². The number of methoxy groups -OCH3 is 1. The molecule has 9 nitrogen and oxygen atoms in total. The Morgan fingerprint density at radius 2 is 1.76 bits per heavy atom. The normalized spacial score (nSPS) is 15.9. The summed E-state index contributed by atoms with van der Waals surface area (Å²) in [5, 5.41) is 0. The van der Waals surface area contributed by atoms with Crippen molar-refractivity contribution in [2.75, 3.05) is 53.1 Å². The molecule has 1 aromatic rings. The van der Waals surface area contributed by atoms with Gasteiger partial charge in [0.05, 0.1) is 7.11 Å². The summed E-state index contributed by atoms with van der Waals surface area (Å²) in [5.41, 5.74) is 0.676. The average Bonchev–Trinajstić information content (AvgIpc) is 2.75. The number of fused-ring (bicyclic) bond motifs is 1. The zero-order chi connectivity index (χ0) is 20.8. The Morgan fingerprint density at radius 1 is 1.07 bits per heavy atom. The highest BCUT2D eigenvalue weighted by Crippen LogP contribution is 2.40. The Morgan fingerprint density at radius 3 is 2.45 bits per heavy atom. The molecule has 0 aromatic heterocycles. The van der Waals surface area contributed by atoms with Crippen LogP contribution >= 0.6 is 0 Å². The number of esters is 1. The fourth-order valence-corrected chi connectivity index (χ4v) is 3.10. The number of ether oxygens (including phenoxy) is 4. The molecule has 0 saturated carbocycles. The molecule has 0 spiro atoms. The highest BCUT2D eigenvalue weighted by Gasteiger charge is 2.23. The number of amides is 2. The van der Waals surface area contributed by atoms with E-state index < -0.39 is 5.97 Å². The van der Waals surface area contributed by atoms with E-state index in [1.807, 2.05) is 0 Å². The van der Waals surface area contributed by atoms with E-state index in [0.29, 0.717) is 62.2 Å². The molecule has 1 fully saturated rings. The largest absolute Gasteiger partial charge is 0.493 e. The molecule has 0 N–H and O–H groups in total. The minimum absolute atomic E-state index is 0.00978. The van der Waals surface area contributed by atoms with Crippen molar-refractivity contribution < 1.29 is 33.3 Å². The maximum absolute atomic E-state index is 12.2. The Balaban J connectivity index is 1.51. The van der Waals surface area contributed by atoms with Crippen LogP contribution < -0.4 is 14.2 Å². The lowest BCUT2D eigenvalue weighted by Crippen LogP contribution is -2.51. The molecule has 156 valence electrons. The predicted molar refractivity (Wildman–Crippen MR) is 103 cm³/mol. The summed E-state index contributed by atoms with van der Waals surface area (Å²) in [7, 11) is 1.52. The van der Waals surface area contributed by atoms with Crippen LogP contribution in [0.3, 0.4) is 0 Å². The van der Waals surface area contributed by atoms with Gasteiger partial charge in [-0.1, -0.05) is 0 Å². The smallest absolute Gasteiger partial charge is 0.331 e. The van der Waals surface area contributed by atoms with Crippen LogP contribution in [0.4, 0.5) is 0 Å². The second-order valence-electron chi connectivity index (χ2n) is 6.58. The molecule has 2 heterocycles. The van der Waals surface area contributed by atoms with Crippen LogP contribution in [0.25, 0.3) is 6.08 Å². The second kappa shape index (κ2) is 9.31. The van der Waals surface area contributed by atoms with Crippen molar-refractivity contribution in [1.82, 2.24) is 9.80 Å². The van der Waals surface area contributed by atoms with Crippen molar-refractivity contribution in [3.63, 3.8) is 0 Å². The third-order valence-corrected chi connectivity index (χ3v) is 4.68. The molecule has 29 heavy (non-hydrogen) atoms. The number of hydrogen-bond acceptors (Lipinski definition) is 7. The third kappa shape index (κ3) is 5.18. The van der Waals surface area contributed by atoms with E-state index in [-0.39, 0.29) is 18.4 Å². The lowest BCUT2D eigenvalue weighted by Gasteiger charge is -2.34. The van der Waals surface area contributed by atoms with Crippen LogP contribution in [0.2, 0.25) is 0 Å². The monoisotopic (exact) mass is 404 g/mol. The van der Waals surface area contributed by atoms with E-state index in [9.17, 15) is 14.4 Å². The topological polar surface area (TPSA) is 94.6 Å². The summed E-state index contributed by atoms with van der Waals surface area (Å²) >= 11 is 0. The summed E-state index contributed by atoms with van der Waals surface area (Å²) < 4.78 is 21.4. The molecule has 0 aliphatic carbocycles. The average molecular weight is 404 g/mol. The molecule has 2 aliphatic rings. The van der Waals surface area contributed by atoms with Gasteiger partial charge in [-0.3, -0.25) is 9.59 Å². The van der Waals surface area contributed by atoms with Crippen LogP contribution in [-0.2, 0) is 19.1 Å². The first-order valence-corrected chi connectivity index (χ1v) is 9.33. The summed E-state index contributed by atoms with van der Waals surface area (Å²) in [6, 6.07) is 3.46. The second-order valence-corrected chi connectivity index (χ2v) is 6.58. The van der Waals surface area contributed by atoms with E-state index in [1.54, 1.807) is 28.0 Å². The SMILES string of the molecule is COc1cc(/C=C/C(=O)OCC(=O)N2CCN(C(C)=O)CC2)cc2c1OCCO2. The number of piperazine rings is 1. The molecule has 0 unspecified atom stereocenters. The number of hydrogen-bond donors (Lipinski definition) is 0. The van der Waals surface area contributed by atoms with E-state index in [0.717, 1.165) is 0 Å². The van der Waals surface area contributed by atoms with Crippen molar-refractivity contribution in [1.29, 1.82) is 0 Å². The number of benzene rings is 1. The van der Waals surface area contributed by atoms with Gasteiger partial charge in [0.25, 0.3) is 5.91 Å². The molecule has 1 aromatic carbocycles. The highest BCUT2D eigenvalue weighted by molar-refractivity contribution is 5.89. The lowest BCUT2D eigenvalue weighted by atomic mass is 10.1. The van der Waals surface area contributed by atoms with E-state index in [4.69, 9.17) is 18.9 Å². The van der Waals surface area contributed by atoms with Gasteiger partial charge in [-0.2, -0.15) is 0 Å². The molecule has 0 radical (unpaired) electrons. The highest BCUT2D eigenvalue weighted by atomic mass is 16.6. The van der Waals surface area contributed by atoms with Crippen LogP contribution in [-0.4, -0.2) is 80.7 Å². The van der Waals surface area contributed by atoms with Gasteiger partial charge in [-0.05, 0) is 23.8 Å². The number of nitrogens with zero attached hydrogens (tertiary/aromatic N) is 2. The Kier molecular flexibility index (Phi) is 6.58. The zero-order valence-electron chi connectivity index (χ0n) is 16.5. The fourth-order valence-electron chi connectivity index (χ4n) is 3.10. The van der Waals surface area contributed by atoms with Crippen LogP contribution in [0.15, 0.2) is 18.2 Å². The zero-order valence-corrected chi connectivity index (χ0v) is 16.5. The van der Waals surface area contributed by atoms with Crippen LogP contribution in [0.1, 0.15) is 12.5 Å². The summed E-state index contributed by atoms with van der Waals surface area (Å²) in [6.45, 7) is 3.89. The minimum Gasteiger partial charge on any atom is -0.493 e. The van der Waals surface area contributed by atoms with E-state index >= 15 is 0 Å². The molecular formula is C20H24N2O7. The van der Waals surface area contributed by atoms with E-state index in [1.165, 1.54) is 20.1 Å². The molecule has 3 rings (SSSR count). The molecule has 2 aliphatic heterocycles.